The molecular formula is C16H11FN4. The van der Waals surface area contributed by atoms with E-state index < -0.39 is 0 Å². The van der Waals surface area contributed by atoms with Crippen molar-refractivity contribution in [2.45, 2.75) is 0 Å². The number of nitrogen functional groups attached to an aromatic ring is 1. The number of rotatable bonds is 2. The summed E-state index contributed by atoms with van der Waals surface area (Å²) >= 11 is 0. The highest BCUT2D eigenvalue weighted by atomic mass is 19.1. The van der Waals surface area contributed by atoms with Crippen molar-refractivity contribution >= 4 is 5.82 Å². The van der Waals surface area contributed by atoms with E-state index in [0.29, 0.717) is 17.1 Å². The molecule has 0 aliphatic carbocycles. The fourth-order valence-corrected chi connectivity index (χ4v) is 2.22. The number of benzene rings is 1. The van der Waals surface area contributed by atoms with Crippen LogP contribution in [0.5, 0.6) is 0 Å². The maximum absolute atomic E-state index is 13.1. The molecule has 4 nitrogen and oxygen atoms in total. The van der Waals surface area contributed by atoms with E-state index in [1.54, 1.807) is 35.2 Å². The van der Waals surface area contributed by atoms with Crippen LogP contribution in [0.3, 0.4) is 0 Å². The number of pyridine rings is 1. The van der Waals surface area contributed by atoms with E-state index >= 15 is 0 Å². The normalized spacial score (nSPS) is 10.3. The molecule has 0 atom stereocenters. The zero-order valence-electron chi connectivity index (χ0n) is 11.0. The van der Waals surface area contributed by atoms with Gasteiger partial charge in [0.25, 0.3) is 0 Å². The van der Waals surface area contributed by atoms with Crippen LogP contribution < -0.4 is 5.73 Å². The van der Waals surface area contributed by atoms with Crippen molar-refractivity contribution in [3.05, 3.63) is 66.2 Å². The lowest BCUT2D eigenvalue weighted by Crippen LogP contribution is -2.02. The van der Waals surface area contributed by atoms with Gasteiger partial charge in [0.1, 0.15) is 17.7 Å². The van der Waals surface area contributed by atoms with E-state index in [9.17, 15) is 9.65 Å². The Hall–Kier alpha value is -3.13. The zero-order valence-corrected chi connectivity index (χ0v) is 11.0. The van der Waals surface area contributed by atoms with Crippen LogP contribution in [0.2, 0.25) is 0 Å². The number of hydrogen-bond acceptors (Lipinski definition) is 3. The lowest BCUT2D eigenvalue weighted by atomic mass is 10.2. The average molecular weight is 278 g/mol. The predicted molar refractivity (Wildman–Crippen MR) is 78.1 cm³/mol. The molecule has 2 heterocycles. The minimum Gasteiger partial charge on any atom is -0.384 e. The third-order valence-electron chi connectivity index (χ3n) is 3.22. The number of halogens is 1. The summed E-state index contributed by atoms with van der Waals surface area (Å²) in [5, 5.41) is 9.18. The van der Waals surface area contributed by atoms with Crippen molar-refractivity contribution in [3.63, 3.8) is 0 Å². The molecule has 0 bridgehead atoms. The number of nitrogens with zero attached hydrogens (tertiary/aromatic N) is 3. The average Bonchev–Trinajstić information content (AvgIpc) is 2.86. The molecule has 0 aliphatic rings. The first-order valence-electron chi connectivity index (χ1n) is 6.28. The van der Waals surface area contributed by atoms with Gasteiger partial charge in [-0.3, -0.25) is 9.55 Å². The molecule has 0 fully saturated rings. The summed E-state index contributed by atoms with van der Waals surface area (Å²) < 4.78 is 14.8. The predicted octanol–water partition coefficient (Wildman–Crippen LogP) is 3.13. The van der Waals surface area contributed by atoms with Crippen LogP contribution in [-0.4, -0.2) is 9.55 Å². The number of nitriles is 1. The molecule has 0 spiro atoms. The lowest BCUT2D eigenvalue weighted by molar-refractivity contribution is 0.627. The highest BCUT2D eigenvalue weighted by Crippen LogP contribution is 2.30. The molecule has 0 radical (unpaired) electrons. The number of aromatic nitrogens is 2. The molecule has 0 saturated heterocycles. The molecule has 102 valence electrons. The summed E-state index contributed by atoms with van der Waals surface area (Å²) in [7, 11) is 0. The fourth-order valence-electron chi connectivity index (χ4n) is 2.22. The summed E-state index contributed by atoms with van der Waals surface area (Å²) in [5.74, 6) is 0.00589. The molecule has 2 N–H and O–H groups in total. The Morgan fingerprint density at radius 3 is 2.38 bits per heavy atom. The minimum absolute atomic E-state index is 0.324. The summed E-state index contributed by atoms with van der Waals surface area (Å²) in [6, 6.07) is 13.4. The zero-order chi connectivity index (χ0) is 14.8. The number of anilines is 1. The second-order valence-electron chi connectivity index (χ2n) is 4.49. The highest BCUT2D eigenvalue weighted by molar-refractivity contribution is 5.72. The topological polar surface area (TPSA) is 67.6 Å². The van der Waals surface area contributed by atoms with Gasteiger partial charge in [0.2, 0.25) is 0 Å². The standard InChI is InChI=1S/C16H11FN4/c17-13-1-3-14(4-2-13)21-15(9-12(10-18)16(21)19)11-5-7-20-8-6-11/h1-9H,19H2. The van der Waals surface area contributed by atoms with Crippen molar-refractivity contribution in [2.75, 3.05) is 5.73 Å². The first kappa shape index (κ1) is 12.9. The molecule has 2 aromatic heterocycles. The monoisotopic (exact) mass is 278 g/mol. The van der Waals surface area contributed by atoms with Crippen molar-refractivity contribution in [1.29, 1.82) is 5.26 Å². The quantitative estimate of drug-likeness (QED) is 0.783. The maximum Gasteiger partial charge on any atom is 0.126 e. The van der Waals surface area contributed by atoms with Gasteiger partial charge in [0.05, 0.1) is 11.3 Å². The molecule has 0 amide bonds. The largest absolute Gasteiger partial charge is 0.384 e. The first-order chi connectivity index (χ1) is 10.2. The van der Waals surface area contributed by atoms with Gasteiger partial charge in [-0.25, -0.2) is 4.39 Å². The van der Waals surface area contributed by atoms with Crippen LogP contribution in [0.1, 0.15) is 5.56 Å². The van der Waals surface area contributed by atoms with Crippen molar-refractivity contribution in [1.82, 2.24) is 9.55 Å². The Bertz CT molecular complexity index is 814. The van der Waals surface area contributed by atoms with E-state index in [2.05, 4.69) is 11.1 Å². The summed E-state index contributed by atoms with van der Waals surface area (Å²) in [5.41, 5.74) is 8.77. The summed E-state index contributed by atoms with van der Waals surface area (Å²) in [4.78, 5) is 3.98. The Labute approximate surface area is 120 Å². The van der Waals surface area contributed by atoms with Crippen molar-refractivity contribution < 1.29 is 4.39 Å². The van der Waals surface area contributed by atoms with Crippen LogP contribution in [0.25, 0.3) is 16.9 Å². The van der Waals surface area contributed by atoms with Gasteiger partial charge in [0, 0.05) is 23.6 Å². The third-order valence-corrected chi connectivity index (χ3v) is 3.22. The Morgan fingerprint density at radius 2 is 1.76 bits per heavy atom. The van der Waals surface area contributed by atoms with Crippen LogP contribution in [-0.2, 0) is 0 Å². The van der Waals surface area contributed by atoms with Gasteiger partial charge in [-0.2, -0.15) is 5.26 Å². The van der Waals surface area contributed by atoms with Gasteiger partial charge in [-0.05, 0) is 42.5 Å². The van der Waals surface area contributed by atoms with Crippen LogP contribution in [0, 0.1) is 17.1 Å². The summed E-state index contributed by atoms with van der Waals surface area (Å²) in [6.45, 7) is 0. The fraction of sp³-hybridized carbons (Fsp3) is 0. The molecule has 0 aliphatic heterocycles. The van der Waals surface area contributed by atoms with E-state index in [1.807, 2.05) is 12.1 Å². The number of hydrogen-bond donors (Lipinski definition) is 1. The van der Waals surface area contributed by atoms with Crippen molar-refractivity contribution in [3.8, 4) is 23.0 Å². The third kappa shape index (κ3) is 2.23. The Morgan fingerprint density at radius 1 is 1.10 bits per heavy atom. The molecule has 21 heavy (non-hydrogen) atoms. The molecule has 0 saturated carbocycles. The SMILES string of the molecule is N#Cc1cc(-c2ccncc2)n(-c2ccc(F)cc2)c1N. The maximum atomic E-state index is 13.1. The van der Waals surface area contributed by atoms with Crippen LogP contribution >= 0.6 is 0 Å². The summed E-state index contributed by atoms with van der Waals surface area (Å²) in [6.07, 6.45) is 3.33. The second kappa shape index (κ2) is 5.10. The first-order valence-corrected chi connectivity index (χ1v) is 6.28. The van der Waals surface area contributed by atoms with Crippen LogP contribution in [0.4, 0.5) is 10.2 Å². The van der Waals surface area contributed by atoms with E-state index in [-0.39, 0.29) is 5.82 Å². The Kier molecular flexibility index (Phi) is 3.13. The molecule has 0 unspecified atom stereocenters. The molecule has 3 aromatic rings. The van der Waals surface area contributed by atoms with Gasteiger partial charge < -0.3 is 5.73 Å². The van der Waals surface area contributed by atoms with Gasteiger partial charge in [0.15, 0.2) is 0 Å². The Balaban J connectivity index is 2.26. The van der Waals surface area contributed by atoms with E-state index in [0.717, 1.165) is 11.3 Å². The second-order valence-corrected chi connectivity index (χ2v) is 4.49. The van der Waals surface area contributed by atoms with Gasteiger partial charge in [-0.15, -0.1) is 0 Å². The van der Waals surface area contributed by atoms with Gasteiger partial charge in [-0.1, -0.05) is 0 Å². The molecular weight excluding hydrogens is 267 g/mol. The molecule has 5 heteroatoms. The number of nitrogens with two attached hydrogens (primary N) is 1. The van der Waals surface area contributed by atoms with Crippen LogP contribution in [0.15, 0.2) is 54.9 Å². The molecule has 1 aromatic carbocycles. The smallest absolute Gasteiger partial charge is 0.126 e. The van der Waals surface area contributed by atoms with Gasteiger partial charge >= 0.3 is 0 Å². The lowest BCUT2D eigenvalue weighted by Gasteiger charge is -2.11. The van der Waals surface area contributed by atoms with Crippen molar-refractivity contribution in [2.24, 2.45) is 0 Å². The van der Waals surface area contributed by atoms with E-state index in [1.165, 1.54) is 12.1 Å². The minimum atomic E-state index is -0.324. The van der Waals surface area contributed by atoms with E-state index in [4.69, 9.17) is 5.73 Å². The molecule has 3 rings (SSSR count). The highest BCUT2D eigenvalue weighted by Gasteiger charge is 2.15.